The van der Waals surface area contributed by atoms with Crippen molar-refractivity contribution in [3.63, 3.8) is 0 Å². The summed E-state index contributed by atoms with van der Waals surface area (Å²) in [4.78, 5) is 0. The van der Waals surface area contributed by atoms with Gasteiger partial charge >= 0.3 is 6.01 Å². The summed E-state index contributed by atoms with van der Waals surface area (Å²) in [5.74, 6) is 0.176. The first-order valence-corrected chi connectivity index (χ1v) is 5.14. The summed E-state index contributed by atoms with van der Waals surface area (Å²) >= 11 is 5.51. The summed E-state index contributed by atoms with van der Waals surface area (Å²) in [6, 6.07) is 4.94. The largest absolute Gasteiger partial charge is 0.407 e. The van der Waals surface area contributed by atoms with E-state index >= 15 is 0 Å². The zero-order chi connectivity index (χ0) is 11.5. The lowest BCUT2D eigenvalue weighted by atomic mass is 10.2. The van der Waals surface area contributed by atoms with Crippen LogP contribution in [0.4, 0.5) is 16.1 Å². The highest BCUT2D eigenvalue weighted by Crippen LogP contribution is 2.18. The highest BCUT2D eigenvalue weighted by atomic mass is 35.5. The van der Waals surface area contributed by atoms with Crippen molar-refractivity contribution in [2.45, 2.75) is 12.8 Å². The number of benzene rings is 1. The van der Waals surface area contributed by atoms with E-state index in [-0.39, 0.29) is 17.7 Å². The van der Waals surface area contributed by atoms with Gasteiger partial charge in [-0.3, -0.25) is 0 Å². The highest BCUT2D eigenvalue weighted by molar-refractivity contribution is 6.16. The van der Waals surface area contributed by atoms with Gasteiger partial charge in [-0.1, -0.05) is 11.2 Å². The molecule has 2 rings (SSSR count). The maximum atomic E-state index is 13.2. The van der Waals surface area contributed by atoms with E-state index < -0.39 is 0 Å². The van der Waals surface area contributed by atoms with Crippen LogP contribution >= 0.6 is 11.6 Å². The lowest BCUT2D eigenvalue weighted by Crippen LogP contribution is -1.92. The van der Waals surface area contributed by atoms with E-state index in [9.17, 15) is 4.39 Å². The lowest BCUT2D eigenvalue weighted by Gasteiger charge is -2.02. The number of nitrogens with zero attached hydrogens (tertiary/aromatic N) is 2. The van der Waals surface area contributed by atoms with Crippen LogP contribution in [0.25, 0.3) is 0 Å². The van der Waals surface area contributed by atoms with Crippen LogP contribution in [0.15, 0.2) is 22.6 Å². The third kappa shape index (κ3) is 2.30. The normalized spacial score (nSPS) is 10.4. The molecule has 2 aromatic rings. The summed E-state index contributed by atoms with van der Waals surface area (Å²) in [5.41, 5.74) is 1.13. The molecule has 0 fully saturated rings. The Balaban J connectivity index is 2.17. The van der Waals surface area contributed by atoms with Crippen molar-refractivity contribution >= 4 is 23.3 Å². The van der Waals surface area contributed by atoms with Crippen molar-refractivity contribution in [2.24, 2.45) is 0 Å². The van der Waals surface area contributed by atoms with Crippen molar-refractivity contribution in [3.8, 4) is 0 Å². The molecule has 0 unspecified atom stereocenters. The number of anilines is 2. The predicted octanol–water partition coefficient (Wildman–Crippen LogP) is 3.00. The van der Waals surface area contributed by atoms with Crippen LogP contribution in [0.2, 0.25) is 0 Å². The Hall–Kier alpha value is -1.62. The van der Waals surface area contributed by atoms with Crippen molar-refractivity contribution in [1.29, 1.82) is 0 Å². The molecule has 0 atom stereocenters. The maximum absolute atomic E-state index is 13.2. The Morgan fingerprint density at radius 1 is 1.44 bits per heavy atom. The van der Waals surface area contributed by atoms with E-state index in [4.69, 9.17) is 16.0 Å². The van der Waals surface area contributed by atoms with Crippen molar-refractivity contribution in [1.82, 2.24) is 10.2 Å². The van der Waals surface area contributed by atoms with Gasteiger partial charge in [0.2, 0.25) is 5.89 Å². The molecular weight excluding hydrogens is 233 g/mol. The highest BCUT2D eigenvalue weighted by Gasteiger charge is 2.06. The summed E-state index contributed by atoms with van der Waals surface area (Å²) in [6.45, 7) is 1.69. The van der Waals surface area contributed by atoms with Crippen molar-refractivity contribution < 1.29 is 8.81 Å². The van der Waals surface area contributed by atoms with Crippen LogP contribution in [0.5, 0.6) is 0 Å². The van der Waals surface area contributed by atoms with Gasteiger partial charge < -0.3 is 9.73 Å². The SMILES string of the molecule is Cc1ccc(Nc2nnc(CCl)o2)cc1F. The molecule has 6 heteroatoms. The van der Waals surface area contributed by atoms with Crippen LogP contribution in [0.3, 0.4) is 0 Å². The average Bonchev–Trinajstić information content (AvgIpc) is 2.71. The molecule has 0 aliphatic heterocycles. The smallest absolute Gasteiger partial charge is 0.320 e. The molecule has 0 radical (unpaired) electrons. The van der Waals surface area contributed by atoms with Crippen molar-refractivity contribution in [3.05, 3.63) is 35.5 Å². The van der Waals surface area contributed by atoms with Crippen molar-refractivity contribution in [2.75, 3.05) is 5.32 Å². The second kappa shape index (κ2) is 4.49. The van der Waals surface area contributed by atoms with Crippen LogP contribution in [0, 0.1) is 12.7 Å². The lowest BCUT2D eigenvalue weighted by molar-refractivity contribution is 0.530. The number of hydrogen-bond acceptors (Lipinski definition) is 4. The molecule has 4 nitrogen and oxygen atoms in total. The second-order valence-corrected chi connectivity index (χ2v) is 3.49. The van der Waals surface area contributed by atoms with Gasteiger partial charge in [0, 0.05) is 5.69 Å². The number of aromatic nitrogens is 2. The summed E-state index contributed by atoms with van der Waals surface area (Å²) in [5, 5.41) is 10.2. The predicted molar refractivity (Wildman–Crippen MR) is 58.3 cm³/mol. The molecule has 16 heavy (non-hydrogen) atoms. The molecule has 0 aliphatic rings. The van der Waals surface area contributed by atoms with Gasteiger partial charge in [0.25, 0.3) is 0 Å². The van der Waals surface area contributed by atoms with E-state index in [2.05, 4.69) is 15.5 Å². The van der Waals surface area contributed by atoms with Crippen LogP contribution < -0.4 is 5.32 Å². The van der Waals surface area contributed by atoms with E-state index in [1.807, 2.05) is 0 Å². The Bertz CT molecular complexity index is 501. The molecule has 0 amide bonds. The van der Waals surface area contributed by atoms with E-state index in [1.54, 1.807) is 19.1 Å². The van der Waals surface area contributed by atoms with E-state index in [0.29, 0.717) is 17.1 Å². The van der Waals surface area contributed by atoms with E-state index in [1.165, 1.54) is 6.07 Å². The minimum Gasteiger partial charge on any atom is -0.407 e. The maximum Gasteiger partial charge on any atom is 0.320 e. The fourth-order valence-corrected chi connectivity index (χ4v) is 1.26. The van der Waals surface area contributed by atoms with E-state index in [0.717, 1.165) is 0 Å². The molecule has 0 bridgehead atoms. The molecule has 0 saturated heterocycles. The number of halogens is 2. The van der Waals surface area contributed by atoms with Crippen LogP contribution in [-0.4, -0.2) is 10.2 Å². The molecule has 0 aliphatic carbocycles. The number of aryl methyl sites for hydroxylation is 1. The minimum absolute atomic E-state index is 0.150. The Morgan fingerprint density at radius 2 is 2.25 bits per heavy atom. The fourth-order valence-electron chi connectivity index (χ4n) is 1.15. The zero-order valence-electron chi connectivity index (χ0n) is 8.50. The fraction of sp³-hybridized carbons (Fsp3) is 0.200. The van der Waals surface area contributed by atoms with Crippen LogP contribution in [0.1, 0.15) is 11.5 Å². The monoisotopic (exact) mass is 241 g/mol. The van der Waals surface area contributed by atoms with Gasteiger partial charge in [0.05, 0.1) is 0 Å². The topological polar surface area (TPSA) is 51.0 Å². The zero-order valence-corrected chi connectivity index (χ0v) is 9.25. The average molecular weight is 242 g/mol. The quantitative estimate of drug-likeness (QED) is 0.840. The third-order valence-electron chi connectivity index (χ3n) is 2.00. The molecule has 1 N–H and O–H groups in total. The number of rotatable bonds is 3. The molecule has 0 saturated carbocycles. The first-order chi connectivity index (χ1) is 7.69. The summed E-state index contributed by atoms with van der Waals surface area (Å²) in [7, 11) is 0. The molecule has 1 heterocycles. The number of alkyl halides is 1. The van der Waals surface area contributed by atoms with Gasteiger partial charge in [-0.05, 0) is 24.6 Å². The molecular formula is C10H9ClFN3O. The summed E-state index contributed by atoms with van der Waals surface area (Å²) < 4.78 is 18.3. The Labute approximate surface area is 96.4 Å². The molecule has 0 spiro atoms. The molecule has 1 aromatic heterocycles. The first-order valence-electron chi connectivity index (χ1n) is 4.60. The number of hydrogen-bond donors (Lipinski definition) is 1. The van der Waals surface area contributed by atoms with Crippen LogP contribution in [-0.2, 0) is 5.88 Å². The third-order valence-corrected chi connectivity index (χ3v) is 2.23. The van der Waals surface area contributed by atoms with Gasteiger partial charge in [0.15, 0.2) is 0 Å². The van der Waals surface area contributed by atoms with Gasteiger partial charge in [-0.25, -0.2) is 4.39 Å². The Kier molecular flexibility index (Phi) is 3.05. The molecule has 84 valence electrons. The number of nitrogens with one attached hydrogen (secondary N) is 1. The van der Waals surface area contributed by atoms with Gasteiger partial charge in [-0.2, -0.15) is 0 Å². The Morgan fingerprint density at radius 3 is 2.88 bits per heavy atom. The molecule has 1 aromatic carbocycles. The minimum atomic E-state index is -0.290. The first kappa shape index (κ1) is 10.9. The second-order valence-electron chi connectivity index (χ2n) is 3.22. The summed E-state index contributed by atoms with van der Waals surface area (Å²) in [6.07, 6.45) is 0. The van der Waals surface area contributed by atoms with Gasteiger partial charge in [-0.15, -0.1) is 16.7 Å². The standard InChI is InChI=1S/C10H9ClFN3O/c1-6-2-3-7(4-8(6)12)13-10-15-14-9(5-11)16-10/h2-4H,5H2,1H3,(H,13,15). The van der Waals surface area contributed by atoms with Gasteiger partial charge in [0.1, 0.15) is 11.7 Å².